The molecule has 0 spiro atoms. The van der Waals surface area contributed by atoms with Gasteiger partial charge in [0.05, 0.1) is 25.2 Å². The zero-order valence-electron chi connectivity index (χ0n) is 42.2. The van der Waals surface area contributed by atoms with Crippen LogP contribution in [0.2, 0.25) is 0 Å². The molecule has 0 aromatic carbocycles. The Kier molecular flexibility index (Phi) is 49.5. The van der Waals surface area contributed by atoms with E-state index in [0.29, 0.717) is 19.3 Å². The summed E-state index contributed by atoms with van der Waals surface area (Å²) in [6.45, 7) is 6.47. The molecule has 0 saturated carbocycles. The lowest BCUT2D eigenvalue weighted by Gasteiger charge is -2.24. The Labute approximate surface area is 392 Å². The van der Waals surface area contributed by atoms with Gasteiger partial charge in [0.1, 0.15) is 6.10 Å². The van der Waals surface area contributed by atoms with E-state index in [1.807, 2.05) is 0 Å². The number of unbranched alkanes of at least 4 members (excludes halogenated alkanes) is 32. The summed E-state index contributed by atoms with van der Waals surface area (Å²) in [7, 11) is 0. The Bertz CT molecular complexity index is 1040. The molecule has 0 fully saturated rings. The number of nitrogens with one attached hydrogen (secondary N) is 1. The van der Waals surface area contributed by atoms with Crippen LogP contribution in [-0.2, 0) is 14.3 Å². The highest BCUT2D eigenvalue weighted by Gasteiger charge is 2.24. The number of carbonyl (C=O) groups excluding carboxylic acids is 2. The predicted octanol–water partition coefficient (Wildman–Crippen LogP) is 16.8. The second-order valence-electron chi connectivity index (χ2n) is 19.0. The fourth-order valence-corrected chi connectivity index (χ4v) is 8.50. The minimum absolute atomic E-state index is 0.0764. The average molecular weight is 886 g/mol. The predicted molar refractivity (Wildman–Crippen MR) is 273 cm³/mol. The van der Waals surface area contributed by atoms with Crippen LogP contribution in [-0.4, -0.2) is 46.9 Å². The van der Waals surface area contributed by atoms with E-state index in [9.17, 15) is 19.8 Å². The van der Waals surface area contributed by atoms with Crippen molar-refractivity contribution >= 4 is 11.9 Å². The molecular formula is C57H107NO5. The highest BCUT2D eigenvalue weighted by Crippen LogP contribution is 2.18. The van der Waals surface area contributed by atoms with Gasteiger partial charge < -0.3 is 20.3 Å². The number of rotatable bonds is 50. The Morgan fingerprint density at radius 2 is 0.810 bits per heavy atom. The number of amides is 1. The highest BCUT2D eigenvalue weighted by atomic mass is 16.5. The lowest BCUT2D eigenvalue weighted by molar-refractivity contribution is -0.151. The molecule has 3 unspecified atom stereocenters. The molecule has 0 aliphatic heterocycles. The van der Waals surface area contributed by atoms with Crippen molar-refractivity contribution in [3.8, 4) is 0 Å². The third-order valence-electron chi connectivity index (χ3n) is 12.7. The molecule has 0 saturated heterocycles. The first-order valence-electron chi connectivity index (χ1n) is 27.7. The molecule has 0 radical (unpaired) electrons. The van der Waals surface area contributed by atoms with Gasteiger partial charge in [-0.3, -0.25) is 9.59 Å². The summed E-state index contributed by atoms with van der Waals surface area (Å²) >= 11 is 0. The minimum atomic E-state index is -0.787. The number of ether oxygens (including phenoxy) is 1. The van der Waals surface area contributed by atoms with E-state index < -0.39 is 18.2 Å². The van der Waals surface area contributed by atoms with Crippen molar-refractivity contribution in [2.75, 3.05) is 6.61 Å². The maximum atomic E-state index is 13.2. The quantitative estimate of drug-likeness (QED) is 0.0321. The van der Waals surface area contributed by atoms with Crippen molar-refractivity contribution in [2.24, 2.45) is 0 Å². The van der Waals surface area contributed by atoms with E-state index in [1.165, 1.54) is 180 Å². The van der Waals surface area contributed by atoms with Crippen LogP contribution in [0, 0.1) is 0 Å². The summed E-state index contributed by atoms with van der Waals surface area (Å²) in [6, 6.07) is -0.701. The van der Waals surface area contributed by atoms with Crippen LogP contribution in [0.15, 0.2) is 36.5 Å². The monoisotopic (exact) mass is 886 g/mol. The third kappa shape index (κ3) is 46.4. The fraction of sp³-hybridized carbons (Fsp3) is 0.860. The molecule has 6 nitrogen and oxygen atoms in total. The topological polar surface area (TPSA) is 95.9 Å². The molecule has 370 valence electrons. The smallest absolute Gasteiger partial charge is 0.306 e. The fourth-order valence-electron chi connectivity index (χ4n) is 8.50. The molecule has 3 N–H and O–H groups in total. The van der Waals surface area contributed by atoms with E-state index in [-0.39, 0.29) is 24.9 Å². The Hall–Kier alpha value is -1.92. The second kappa shape index (κ2) is 51.1. The van der Waals surface area contributed by atoms with E-state index >= 15 is 0 Å². The van der Waals surface area contributed by atoms with Crippen LogP contribution in [0.25, 0.3) is 0 Å². The largest absolute Gasteiger partial charge is 0.462 e. The molecule has 3 atom stereocenters. The molecule has 6 heteroatoms. The van der Waals surface area contributed by atoms with Crippen molar-refractivity contribution in [1.29, 1.82) is 0 Å². The minimum Gasteiger partial charge on any atom is -0.462 e. The first kappa shape index (κ1) is 61.1. The van der Waals surface area contributed by atoms with Gasteiger partial charge >= 0.3 is 5.97 Å². The average Bonchev–Trinajstić information content (AvgIpc) is 3.28. The van der Waals surface area contributed by atoms with Crippen LogP contribution in [0.4, 0.5) is 0 Å². The van der Waals surface area contributed by atoms with E-state index in [0.717, 1.165) is 64.2 Å². The Morgan fingerprint density at radius 3 is 1.25 bits per heavy atom. The number of hydrogen-bond donors (Lipinski definition) is 3. The van der Waals surface area contributed by atoms with Crippen LogP contribution in [0.1, 0.15) is 290 Å². The zero-order chi connectivity index (χ0) is 45.9. The van der Waals surface area contributed by atoms with Crippen molar-refractivity contribution in [3.63, 3.8) is 0 Å². The number of aliphatic hydroxyl groups excluding tert-OH is 2. The van der Waals surface area contributed by atoms with Gasteiger partial charge in [-0.2, -0.15) is 0 Å². The van der Waals surface area contributed by atoms with Crippen molar-refractivity contribution in [3.05, 3.63) is 36.5 Å². The Balaban J connectivity index is 4.51. The van der Waals surface area contributed by atoms with Gasteiger partial charge in [-0.05, 0) is 64.2 Å². The molecule has 0 aromatic rings. The van der Waals surface area contributed by atoms with Gasteiger partial charge in [0, 0.05) is 6.42 Å². The summed E-state index contributed by atoms with van der Waals surface area (Å²) < 4.78 is 5.95. The maximum absolute atomic E-state index is 13.2. The molecule has 0 rings (SSSR count). The van der Waals surface area contributed by atoms with Crippen LogP contribution < -0.4 is 5.32 Å². The molecule has 0 heterocycles. The van der Waals surface area contributed by atoms with Gasteiger partial charge in [0.2, 0.25) is 5.91 Å². The van der Waals surface area contributed by atoms with E-state index in [2.05, 4.69) is 62.5 Å². The van der Waals surface area contributed by atoms with Gasteiger partial charge in [-0.25, -0.2) is 0 Å². The van der Waals surface area contributed by atoms with Crippen molar-refractivity contribution < 1.29 is 24.5 Å². The SMILES string of the molecule is CCCCC/C=C\C/C=C\C/C=C\CCCCCCCCC(=O)OC(CCCCCCCCCCCCCC)CC(=O)NC(CO)C(O)CCCCCCCCCCCCCCC. The lowest BCUT2D eigenvalue weighted by Crippen LogP contribution is -2.46. The molecule has 0 aliphatic carbocycles. The highest BCUT2D eigenvalue weighted by molar-refractivity contribution is 5.77. The van der Waals surface area contributed by atoms with Crippen LogP contribution >= 0.6 is 0 Å². The normalized spacial score (nSPS) is 13.4. The standard InChI is InChI=1S/C57H107NO5/c1-4-7-10-13-16-19-22-25-26-27-28-29-30-32-35-38-41-44-47-50-57(62)63-53(48-45-42-39-36-33-24-21-18-15-12-9-6-3)51-56(61)58-54(52-59)55(60)49-46-43-40-37-34-31-23-20-17-14-11-8-5-2/h16,19,25-26,28-29,53-55,59-60H,4-15,17-18,20-24,27,30-52H2,1-3H3,(H,58,61)/b19-16-,26-25-,29-28-. The van der Waals surface area contributed by atoms with Gasteiger partial charge in [-0.15, -0.1) is 0 Å². The Morgan fingerprint density at radius 1 is 0.460 bits per heavy atom. The first-order valence-corrected chi connectivity index (χ1v) is 27.7. The lowest BCUT2D eigenvalue weighted by atomic mass is 10.0. The van der Waals surface area contributed by atoms with Gasteiger partial charge in [0.15, 0.2) is 0 Å². The number of hydrogen-bond acceptors (Lipinski definition) is 5. The van der Waals surface area contributed by atoms with Crippen molar-refractivity contribution in [2.45, 2.75) is 309 Å². The van der Waals surface area contributed by atoms with E-state index in [4.69, 9.17) is 4.74 Å². The molecular weight excluding hydrogens is 779 g/mol. The molecule has 1 amide bonds. The molecule has 0 bridgehead atoms. The van der Waals surface area contributed by atoms with Gasteiger partial charge in [-0.1, -0.05) is 250 Å². The summed E-state index contributed by atoms with van der Waals surface area (Å²) in [5.74, 6) is -0.475. The molecule has 63 heavy (non-hydrogen) atoms. The number of carbonyl (C=O) groups is 2. The third-order valence-corrected chi connectivity index (χ3v) is 12.7. The van der Waals surface area contributed by atoms with E-state index in [1.54, 1.807) is 0 Å². The van der Waals surface area contributed by atoms with Gasteiger partial charge in [0.25, 0.3) is 0 Å². The van der Waals surface area contributed by atoms with Crippen molar-refractivity contribution in [1.82, 2.24) is 5.32 Å². The molecule has 0 aliphatic rings. The number of esters is 1. The summed E-state index contributed by atoms with van der Waals surface area (Å²) in [5, 5.41) is 23.8. The molecule has 0 aromatic heterocycles. The second-order valence-corrected chi connectivity index (χ2v) is 19.0. The summed E-state index contributed by atoms with van der Waals surface area (Å²) in [6.07, 6.45) is 60.6. The number of aliphatic hydroxyl groups is 2. The maximum Gasteiger partial charge on any atom is 0.306 e. The summed E-state index contributed by atoms with van der Waals surface area (Å²) in [4.78, 5) is 26.2. The first-order chi connectivity index (χ1) is 31.0. The number of allylic oxidation sites excluding steroid dienone is 6. The van der Waals surface area contributed by atoms with Crippen LogP contribution in [0.3, 0.4) is 0 Å². The zero-order valence-corrected chi connectivity index (χ0v) is 42.2. The van der Waals surface area contributed by atoms with Crippen LogP contribution in [0.5, 0.6) is 0 Å². The summed E-state index contributed by atoms with van der Waals surface area (Å²) in [5.41, 5.74) is 0.